The van der Waals surface area contributed by atoms with E-state index in [1.807, 2.05) is 30.3 Å². The molecule has 90 valence electrons. The molecule has 0 heterocycles. The van der Waals surface area contributed by atoms with Gasteiger partial charge in [0.15, 0.2) is 0 Å². The normalized spacial score (nSPS) is 10.0. The van der Waals surface area contributed by atoms with E-state index in [1.165, 1.54) is 0 Å². The van der Waals surface area contributed by atoms with Crippen LogP contribution in [0.15, 0.2) is 30.3 Å². The number of benzene rings is 1. The third-order valence-corrected chi connectivity index (χ3v) is 2.15. The number of carboxylic acid groups (broad SMARTS) is 1. The molecule has 1 aromatic carbocycles. The van der Waals surface area contributed by atoms with E-state index in [0.29, 0.717) is 6.61 Å². The van der Waals surface area contributed by atoms with Gasteiger partial charge in [0, 0.05) is 0 Å². The van der Waals surface area contributed by atoms with Crippen LogP contribution in [0.25, 0.3) is 0 Å². The van der Waals surface area contributed by atoms with E-state index in [-0.39, 0.29) is 63.5 Å². The summed E-state index contributed by atoms with van der Waals surface area (Å²) >= 11 is 0. The number of ether oxygens (including phenoxy) is 1. The summed E-state index contributed by atoms with van der Waals surface area (Å²) in [6.07, 6.45) is 0. The first-order valence-electron chi connectivity index (χ1n) is 4.87. The van der Waals surface area contributed by atoms with E-state index in [0.717, 1.165) is 5.56 Å². The van der Waals surface area contributed by atoms with E-state index in [4.69, 9.17) is 9.84 Å². The Bertz CT molecular complexity index is 325. The first-order chi connectivity index (χ1) is 7.02. The topological polar surface area (TPSA) is 76.5 Å². The molecule has 0 amide bonds. The molecule has 1 aromatic rings. The molecule has 0 saturated carbocycles. The standard InChI is InChI=1S/C12H16O3.K.H2O/c1-12(2,11(13)14)9-15-8-10-6-4-3-5-7-10;;/h3-7H,8-9H2,1-2H3,(H,13,14);;1H2/q;+1;/p-1. The number of hydrogen-bond acceptors (Lipinski definition) is 3. The molecule has 0 aliphatic heterocycles. The maximum atomic E-state index is 10.8. The van der Waals surface area contributed by atoms with Crippen molar-refractivity contribution in [2.75, 3.05) is 6.61 Å². The molecule has 5 heteroatoms. The fourth-order valence-electron chi connectivity index (χ4n) is 1.06. The van der Waals surface area contributed by atoms with Gasteiger partial charge in [-0.1, -0.05) is 30.3 Å². The van der Waals surface area contributed by atoms with E-state index in [9.17, 15) is 4.79 Å². The molecule has 0 radical (unpaired) electrons. The van der Waals surface area contributed by atoms with Crippen LogP contribution >= 0.6 is 0 Å². The summed E-state index contributed by atoms with van der Waals surface area (Å²) < 4.78 is 5.36. The second-order valence-corrected chi connectivity index (χ2v) is 4.17. The van der Waals surface area contributed by atoms with Gasteiger partial charge in [0.2, 0.25) is 0 Å². The van der Waals surface area contributed by atoms with Crippen molar-refractivity contribution in [1.82, 2.24) is 0 Å². The molecule has 0 aliphatic carbocycles. The molecule has 0 aromatic heterocycles. The molecule has 2 N–H and O–H groups in total. The van der Waals surface area contributed by atoms with Crippen LogP contribution in [0.3, 0.4) is 0 Å². The molecule has 0 fully saturated rings. The third kappa shape index (κ3) is 7.30. The maximum Gasteiger partial charge on any atom is 1.00 e. The Hall–Kier alpha value is 0.246. The number of carboxylic acids is 1. The van der Waals surface area contributed by atoms with Gasteiger partial charge in [-0.05, 0) is 19.4 Å². The summed E-state index contributed by atoms with van der Waals surface area (Å²) in [5, 5.41) is 8.86. The Balaban J connectivity index is 0. The Morgan fingerprint density at radius 3 is 2.29 bits per heavy atom. The van der Waals surface area contributed by atoms with Gasteiger partial charge < -0.3 is 15.3 Å². The molecular weight excluding hydrogens is 247 g/mol. The second-order valence-electron chi connectivity index (χ2n) is 4.17. The zero-order valence-corrected chi connectivity index (χ0v) is 13.6. The van der Waals surface area contributed by atoms with Crippen LogP contribution in [0.1, 0.15) is 19.4 Å². The van der Waals surface area contributed by atoms with E-state index in [2.05, 4.69) is 0 Å². The van der Waals surface area contributed by atoms with Crippen molar-refractivity contribution in [2.24, 2.45) is 5.41 Å². The van der Waals surface area contributed by atoms with Crippen molar-refractivity contribution < 1.29 is 71.5 Å². The molecule has 0 aliphatic rings. The average molecular weight is 264 g/mol. The molecule has 0 spiro atoms. The zero-order valence-electron chi connectivity index (χ0n) is 10.5. The van der Waals surface area contributed by atoms with Crippen LogP contribution < -0.4 is 51.4 Å². The molecule has 17 heavy (non-hydrogen) atoms. The summed E-state index contributed by atoms with van der Waals surface area (Å²) in [5.41, 5.74) is 0.230. The molecule has 0 atom stereocenters. The molecule has 0 bridgehead atoms. The van der Waals surface area contributed by atoms with Crippen molar-refractivity contribution >= 4 is 5.97 Å². The van der Waals surface area contributed by atoms with Gasteiger partial charge in [0.05, 0.1) is 18.6 Å². The number of aliphatic carboxylic acids is 1. The van der Waals surface area contributed by atoms with Crippen LogP contribution in [0.2, 0.25) is 0 Å². The van der Waals surface area contributed by atoms with Gasteiger partial charge in [-0.25, -0.2) is 0 Å². The molecule has 0 saturated heterocycles. The van der Waals surface area contributed by atoms with Gasteiger partial charge in [-0.3, -0.25) is 4.79 Å². The van der Waals surface area contributed by atoms with Crippen LogP contribution in [0.5, 0.6) is 0 Å². The summed E-state index contributed by atoms with van der Waals surface area (Å²) in [7, 11) is 0. The molecule has 1 rings (SSSR count). The monoisotopic (exact) mass is 264 g/mol. The average Bonchev–Trinajstić information content (AvgIpc) is 2.19. The van der Waals surface area contributed by atoms with Crippen molar-refractivity contribution in [1.29, 1.82) is 0 Å². The Kier molecular flexibility index (Phi) is 10.6. The third-order valence-electron chi connectivity index (χ3n) is 2.15. The smallest absolute Gasteiger partial charge is 0.870 e. The van der Waals surface area contributed by atoms with Crippen LogP contribution in [-0.2, 0) is 16.1 Å². The van der Waals surface area contributed by atoms with Gasteiger partial charge in [-0.15, -0.1) is 0 Å². The van der Waals surface area contributed by atoms with Gasteiger partial charge in [-0.2, -0.15) is 0 Å². The molecule has 0 unspecified atom stereocenters. The first-order valence-corrected chi connectivity index (χ1v) is 4.87. The van der Waals surface area contributed by atoms with Crippen LogP contribution in [0, 0.1) is 5.41 Å². The van der Waals surface area contributed by atoms with E-state index < -0.39 is 11.4 Å². The summed E-state index contributed by atoms with van der Waals surface area (Å²) in [4.78, 5) is 10.8. The van der Waals surface area contributed by atoms with Crippen molar-refractivity contribution in [2.45, 2.75) is 20.5 Å². The number of rotatable bonds is 5. The van der Waals surface area contributed by atoms with Crippen molar-refractivity contribution in [3.05, 3.63) is 35.9 Å². The summed E-state index contributed by atoms with van der Waals surface area (Å²) in [5.74, 6) is -0.837. The second kappa shape index (κ2) is 9.21. The fraction of sp³-hybridized carbons (Fsp3) is 0.417. The Morgan fingerprint density at radius 2 is 1.82 bits per heavy atom. The fourth-order valence-corrected chi connectivity index (χ4v) is 1.06. The minimum atomic E-state index is -0.837. The van der Waals surface area contributed by atoms with Gasteiger partial charge >= 0.3 is 57.4 Å². The minimum Gasteiger partial charge on any atom is -0.870 e. The molecular formula is C12H17KO4. The van der Waals surface area contributed by atoms with E-state index >= 15 is 0 Å². The van der Waals surface area contributed by atoms with Crippen LogP contribution in [-0.4, -0.2) is 23.2 Å². The number of hydrogen-bond donors (Lipinski definition) is 1. The Labute approximate surface area is 144 Å². The minimum absolute atomic E-state index is 0. The predicted molar refractivity (Wildman–Crippen MR) is 59.5 cm³/mol. The largest absolute Gasteiger partial charge is 1.00 e. The summed E-state index contributed by atoms with van der Waals surface area (Å²) in [6.45, 7) is 3.98. The van der Waals surface area contributed by atoms with Crippen molar-refractivity contribution in [3.63, 3.8) is 0 Å². The first kappa shape index (κ1) is 19.6. The molecule has 4 nitrogen and oxygen atoms in total. The maximum absolute atomic E-state index is 10.8. The van der Waals surface area contributed by atoms with Crippen molar-refractivity contribution in [3.8, 4) is 0 Å². The zero-order chi connectivity index (χ0) is 11.3. The Morgan fingerprint density at radius 1 is 1.29 bits per heavy atom. The number of carbonyl (C=O) groups is 1. The quantitative estimate of drug-likeness (QED) is 0.702. The van der Waals surface area contributed by atoms with Crippen LogP contribution in [0.4, 0.5) is 0 Å². The summed E-state index contributed by atoms with van der Waals surface area (Å²) in [6, 6.07) is 9.70. The van der Waals surface area contributed by atoms with Gasteiger partial charge in [0.1, 0.15) is 0 Å². The van der Waals surface area contributed by atoms with E-state index in [1.54, 1.807) is 13.8 Å². The van der Waals surface area contributed by atoms with Gasteiger partial charge in [0.25, 0.3) is 0 Å². The predicted octanol–water partition coefficient (Wildman–Crippen LogP) is -0.859. The SMILES string of the molecule is CC(C)(COCc1ccccc1)C(=O)O.[K+].[OH-].